The summed E-state index contributed by atoms with van der Waals surface area (Å²) in [6.45, 7) is 3.69. The van der Waals surface area contributed by atoms with Crippen molar-refractivity contribution in [3.8, 4) is 0 Å². The fraction of sp³-hybridized carbons (Fsp3) is 0.304. The van der Waals surface area contributed by atoms with Gasteiger partial charge in [0, 0.05) is 31.9 Å². The van der Waals surface area contributed by atoms with Crippen molar-refractivity contribution in [2.24, 2.45) is 0 Å². The van der Waals surface area contributed by atoms with Crippen LogP contribution >= 0.6 is 0 Å². The third-order valence-corrected chi connectivity index (χ3v) is 5.32. The quantitative estimate of drug-likeness (QED) is 0.718. The van der Waals surface area contributed by atoms with Gasteiger partial charge in [-0.3, -0.25) is 4.90 Å². The first kappa shape index (κ1) is 17.1. The van der Waals surface area contributed by atoms with Crippen molar-refractivity contribution < 1.29 is 5.11 Å². The first-order valence-electron chi connectivity index (χ1n) is 9.48. The van der Waals surface area contributed by atoms with Crippen LogP contribution in [0, 0.1) is 0 Å². The topological polar surface area (TPSA) is 35.5 Å². The van der Waals surface area contributed by atoms with Crippen LogP contribution in [-0.4, -0.2) is 29.2 Å². The van der Waals surface area contributed by atoms with Gasteiger partial charge in [-0.1, -0.05) is 60.7 Å². The maximum absolute atomic E-state index is 9.71. The van der Waals surface area contributed by atoms with Crippen LogP contribution in [0.15, 0.2) is 66.7 Å². The number of piperidine rings is 1. The van der Waals surface area contributed by atoms with E-state index >= 15 is 0 Å². The fourth-order valence-corrected chi connectivity index (χ4v) is 3.79. The van der Waals surface area contributed by atoms with Gasteiger partial charge >= 0.3 is 0 Å². The van der Waals surface area contributed by atoms with Crippen LogP contribution in [0.3, 0.4) is 0 Å². The Morgan fingerprint density at radius 3 is 2.42 bits per heavy atom. The van der Waals surface area contributed by atoms with E-state index in [0.717, 1.165) is 39.0 Å². The molecule has 0 radical (unpaired) electrons. The normalized spacial score (nSPS) is 16.0. The molecule has 0 spiro atoms. The van der Waals surface area contributed by atoms with Crippen LogP contribution in [0.5, 0.6) is 0 Å². The first-order valence-corrected chi connectivity index (χ1v) is 9.48. The summed E-state index contributed by atoms with van der Waals surface area (Å²) in [4.78, 5) is 2.44. The maximum Gasteiger partial charge on any atom is 0.0564 e. The lowest BCUT2D eigenvalue weighted by Crippen LogP contribution is -2.35. The Kier molecular flexibility index (Phi) is 5.19. The standard InChI is InChI=1S/C23H26N2O/c26-21-12-14-25(15-13-21)17-20-7-2-4-11-23(20)24-16-19-9-5-8-18-6-1-3-10-22(18)19/h1-11,21,24,26H,12-17H2. The molecule has 134 valence electrons. The predicted octanol–water partition coefficient (Wildman–Crippen LogP) is 4.41. The van der Waals surface area contributed by atoms with Crippen molar-refractivity contribution in [2.45, 2.75) is 32.0 Å². The van der Waals surface area contributed by atoms with E-state index in [2.05, 4.69) is 76.9 Å². The van der Waals surface area contributed by atoms with Crippen molar-refractivity contribution in [3.63, 3.8) is 0 Å². The van der Waals surface area contributed by atoms with Crippen molar-refractivity contribution >= 4 is 16.5 Å². The van der Waals surface area contributed by atoms with Gasteiger partial charge in [-0.25, -0.2) is 0 Å². The molecule has 3 aromatic carbocycles. The van der Waals surface area contributed by atoms with Gasteiger partial charge in [0.05, 0.1) is 6.10 Å². The lowest BCUT2D eigenvalue weighted by atomic mass is 10.0. The molecule has 1 aliphatic heterocycles. The van der Waals surface area contributed by atoms with Gasteiger partial charge < -0.3 is 10.4 Å². The molecule has 3 aromatic rings. The van der Waals surface area contributed by atoms with Crippen molar-refractivity contribution in [1.82, 2.24) is 4.90 Å². The lowest BCUT2D eigenvalue weighted by molar-refractivity contribution is 0.0793. The highest BCUT2D eigenvalue weighted by atomic mass is 16.3. The summed E-state index contributed by atoms with van der Waals surface area (Å²) in [6.07, 6.45) is 1.64. The van der Waals surface area contributed by atoms with Gasteiger partial charge in [0.15, 0.2) is 0 Å². The molecular weight excluding hydrogens is 320 g/mol. The Balaban J connectivity index is 1.48. The SMILES string of the molecule is OC1CCN(Cc2ccccc2NCc2cccc3ccccc23)CC1. The number of likely N-dealkylation sites (tertiary alicyclic amines) is 1. The van der Waals surface area contributed by atoms with Crippen LogP contribution in [0.25, 0.3) is 10.8 Å². The van der Waals surface area contributed by atoms with Crippen molar-refractivity contribution in [3.05, 3.63) is 77.9 Å². The van der Waals surface area contributed by atoms with Gasteiger partial charge in [0.2, 0.25) is 0 Å². The zero-order valence-corrected chi connectivity index (χ0v) is 15.1. The molecule has 2 N–H and O–H groups in total. The summed E-state index contributed by atoms with van der Waals surface area (Å²) in [5, 5.41) is 15.9. The molecule has 3 heteroatoms. The van der Waals surface area contributed by atoms with E-state index in [0.29, 0.717) is 0 Å². The number of rotatable bonds is 5. The van der Waals surface area contributed by atoms with Crippen LogP contribution in [0.1, 0.15) is 24.0 Å². The number of para-hydroxylation sites is 1. The van der Waals surface area contributed by atoms with Gasteiger partial charge in [-0.2, -0.15) is 0 Å². The van der Waals surface area contributed by atoms with E-state index in [4.69, 9.17) is 0 Å². The monoisotopic (exact) mass is 346 g/mol. The number of anilines is 1. The van der Waals surface area contributed by atoms with E-state index in [1.807, 2.05) is 0 Å². The zero-order valence-electron chi connectivity index (χ0n) is 15.1. The minimum atomic E-state index is -0.119. The Morgan fingerprint density at radius 1 is 0.846 bits per heavy atom. The first-order chi connectivity index (χ1) is 12.8. The Hall–Kier alpha value is -2.36. The smallest absolute Gasteiger partial charge is 0.0564 e. The van der Waals surface area contributed by atoms with Gasteiger partial charge in [0.1, 0.15) is 0 Å². The molecule has 26 heavy (non-hydrogen) atoms. The Morgan fingerprint density at radius 2 is 1.54 bits per heavy atom. The second-order valence-electron chi connectivity index (χ2n) is 7.16. The van der Waals surface area contributed by atoms with Crippen LogP contribution in [0.4, 0.5) is 5.69 Å². The van der Waals surface area contributed by atoms with Crippen molar-refractivity contribution in [2.75, 3.05) is 18.4 Å². The van der Waals surface area contributed by atoms with Gasteiger partial charge in [-0.05, 0) is 40.8 Å². The highest BCUT2D eigenvalue weighted by Gasteiger charge is 2.17. The van der Waals surface area contributed by atoms with Crippen LogP contribution in [-0.2, 0) is 13.1 Å². The zero-order chi connectivity index (χ0) is 17.8. The van der Waals surface area contributed by atoms with Gasteiger partial charge in [-0.15, -0.1) is 0 Å². The van der Waals surface area contributed by atoms with E-state index < -0.39 is 0 Å². The molecule has 0 bridgehead atoms. The molecule has 0 unspecified atom stereocenters. The van der Waals surface area contributed by atoms with Crippen molar-refractivity contribution in [1.29, 1.82) is 0 Å². The number of hydrogen-bond donors (Lipinski definition) is 2. The van der Waals surface area contributed by atoms with E-state index in [-0.39, 0.29) is 6.10 Å². The molecule has 3 nitrogen and oxygen atoms in total. The molecule has 1 aliphatic rings. The summed E-state index contributed by atoms with van der Waals surface area (Å²) in [7, 11) is 0. The van der Waals surface area contributed by atoms with E-state index in [9.17, 15) is 5.11 Å². The number of aliphatic hydroxyl groups is 1. The van der Waals surface area contributed by atoms with Crippen LogP contribution in [0.2, 0.25) is 0 Å². The number of aliphatic hydroxyl groups excluding tert-OH is 1. The maximum atomic E-state index is 9.71. The molecule has 1 heterocycles. The number of benzene rings is 3. The van der Waals surface area contributed by atoms with E-state index in [1.165, 1.54) is 27.6 Å². The Labute approximate surface area is 155 Å². The molecular formula is C23H26N2O. The Bertz CT molecular complexity index is 863. The summed E-state index contributed by atoms with van der Waals surface area (Å²) in [5.74, 6) is 0. The molecule has 0 aliphatic carbocycles. The largest absolute Gasteiger partial charge is 0.393 e. The molecule has 4 rings (SSSR count). The summed E-state index contributed by atoms with van der Waals surface area (Å²) >= 11 is 0. The number of fused-ring (bicyclic) bond motifs is 1. The summed E-state index contributed by atoms with van der Waals surface area (Å²) < 4.78 is 0. The van der Waals surface area contributed by atoms with Gasteiger partial charge in [0.25, 0.3) is 0 Å². The molecule has 1 saturated heterocycles. The lowest BCUT2D eigenvalue weighted by Gasteiger charge is -2.30. The second kappa shape index (κ2) is 7.90. The summed E-state index contributed by atoms with van der Waals surface area (Å²) in [5.41, 5.74) is 3.84. The number of hydrogen-bond acceptors (Lipinski definition) is 3. The average Bonchev–Trinajstić information content (AvgIpc) is 2.69. The molecule has 0 saturated carbocycles. The highest BCUT2D eigenvalue weighted by Crippen LogP contribution is 2.23. The third-order valence-electron chi connectivity index (χ3n) is 5.32. The average molecular weight is 346 g/mol. The molecule has 0 amide bonds. The second-order valence-corrected chi connectivity index (χ2v) is 7.16. The number of nitrogens with zero attached hydrogens (tertiary/aromatic N) is 1. The number of nitrogens with one attached hydrogen (secondary N) is 1. The molecule has 0 atom stereocenters. The minimum absolute atomic E-state index is 0.119. The van der Waals surface area contributed by atoms with Crippen LogP contribution < -0.4 is 5.32 Å². The molecule has 1 fully saturated rings. The highest BCUT2D eigenvalue weighted by molar-refractivity contribution is 5.85. The third kappa shape index (κ3) is 3.90. The fourth-order valence-electron chi connectivity index (χ4n) is 3.79. The minimum Gasteiger partial charge on any atom is -0.393 e. The summed E-state index contributed by atoms with van der Waals surface area (Å²) in [6, 6.07) is 23.6. The van der Waals surface area contributed by atoms with E-state index in [1.54, 1.807) is 0 Å². The molecule has 0 aromatic heterocycles. The predicted molar refractivity (Wildman–Crippen MR) is 108 cm³/mol.